The molecule has 2 N–H and O–H groups in total. The zero-order valence-electron chi connectivity index (χ0n) is 16.1. The summed E-state index contributed by atoms with van der Waals surface area (Å²) in [6, 6.07) is 7.72. The van der Waals surface area contributed by atoms with Crippen LogP contribution in [-0.4, -0.2) is 17.6 Å². The van der Waals surface area contributed by atoms with Crippen LogP contribution in [-0.2, 0) is 11.2 Å². The first-order valence-corrected chi connectivity index (χ1v) is 10.3. The minimum atomic E-state index is -0.780. The number of aliphatic carboxylic acids is 1. The van der Waals surface area contributed by atoms with E-state index < -0.39 is 5.97 Å². The summed E-state index contributed by atoms with van der Waals surface area (Å²) in [5.41, 5.74) is 1.93. The highest BCUT2D eigenvalue weighted by Gasteiger charge is 2.00. The Balaban J connectivity index is 1.89. The van der Waals surface area contributed by atoms with Gasteiger partial charge in [-0.3, -0.25) is 4.79 Å². The summed E-state index contributed by atoms with van der Waals surface area (Å²) in [7, 11) is 0. The van der Waals surface area contributed by atoms with Gasteiger partial charge in [0.2, 0.25) is 0 Å². The Labute approximate surface area is 154 Å². The van der Waals surface area contributed by atoms with Crippen molar-refractivity contribution in [3.8, 4) is 0 Å². The number of benzene rings is 1. The molecule has 0 unspecified atom stereocenters. The molecule has 0 spiro atoms. The van der Waals surface area contributed by atoms with Gasteiger partial charge in [-0.25, -0.2) is 0 Å². The maximum Gasteiger partial charge on any atom is 0.307 e. The quantitative estimate of drug-likeness (QED) is 0.339. The third-order valence-corrected chi connectivity index (χ3v) is 4.67. The third kappa shape index (κ3) is 12.5. The molecule has 0 aromatic heterocycles. The van der Waals surface area contributed by atoms with E-state index in [9.17, 15) is 4.79 Å². The van der Waals surface area contributed by atoms with Gasteiger partial charge in [0.05, 0.1) is 6.42 Å². The van der Waals surface area contributed by atoms with Crippen molar-refractivity contribution in [1.82, 2.24) is 0 Å². The number of anilines is 1. The van der Waals surface area contributed by atoms with Crippen LogP contribution in [0.1, 0.15) is 89.5 Å². The molecule has 0 radical (unpaired) electrons. The van der Waals surface area contributed by atoms with Crippen molar-refractivity contribution in [2.24, 2.45) is 0 Å². The highest BCUT2D eigenvalue weighted by atomic mass is 16.4. The molecule has 0 atom stereocenters. The average Bonchev–Trinajstić information content (AvgIpc) is 2.60. The highest BCUT2D eigenvalue weighted by Crippen LogP contribution is 2.13. The van der Waals surface area contributed by atoms with Crippen molar-refractivity contribution in [2.45, 2.75) is 90.4 Å². The molecule has 0 aliphatic rings. The SMILES string of the molecule is CCCCCCCCCCCCCCNc1ccc(CC(=O)O)cc1. The molecule has 0 amide bonds. The maximum absolute atomic E-state index is 10.6. The van der Waals surface area contributed by atoms with E-state index in [1.54, 1.807) is 0 Å². The van der Waals surface area contributed by atoms with E-state index in [0.29, 0.717) is 0 Å². The lowest BCUT2D eigenvalue weighted by atomic mass is 10.1. The van der Waals surface area contributed by atoms with Crippen molar-refractivity contribution in [3.63, 3.8) is 0 Å². The smallest absolute Gasteiger partial charge is 0.307 e. The van der Waals surface area contributed by atoms with Gasteiger partial charge in [-0.15, -0.1) is 0 Å². The molecule has 3 nitrogen and oxygen atoms in total. The summed E-state index contributed by atoms with van der Waals surface area (Å²) in [6.07, 6.45) is 16.5. The fourth-order valence-electron chi connectivity index (χ4n) is 3.11. The van der Waals surface area contributed by atoms with E-state index in [1.807, 2.05) is 24.3 Å². The van der Waals surface area contributed by atoms with Crippen LogP contribution in [0.3, 0.4) is 0 Å². The Kier molecular flexibility index (Phi) is 12.7. The minimum Gasteiger partial charge on any atom is -0.481 e. The lowest BCUT2D eigenvalue weighted by Gasteiger charge is -2.07. The van der Waals surface area contributed by atoms with E-state index in [2.05, 4.69) is 12.2 Å². The Hall–Kier alpha value is -1.51. The van der Waals surface area contributed by atoms with Crippen LogP contribution in [0.2, 0.25) is 0 Å². The van der Waals surface area contributed by atoms with Crippen LogP contribution in [0.25, 0.3) is 0 Å². The average molecular weight is 348 g/mol. The van der Waals surface area contributed by atoms with Crippen molar-refractivity contribution in [3.05, 3.63) is 29.8 Å². The summed E-state index contributed by atoms with van der Waals surface area (Å²) in [6.45, 7) is 3.27. The molecule has 0 aliphatic carbocycles. The first-order valence-electron chi connectivity index (χ1n) is 10.3. The molecule has 0 heterocycles. The second-order valence-corrected chi connectivity index (χ2v) is 7.08. The van der Waals surface area contributed by atoms with Gasteiger partial charge < -0.3 is 10.4 Å². The van der Waals surface area contributed by atoms with Crippen LogP contribution < -0.4 is 5.32 Å². The van der Waals surface area contributed by atoms with Gasteiger partial charge in [-0.05, 0) is 24.1 Å². The van der Waals surface area contributed by atoms with Crippen molar-refractivity contribution in [2.75, 3.05) is 11.9 Å². The van der Waals surface area contributed by atoms with Gasteiger partial charge in [0.25, 0.3) is 0 Å². The number of nitrogens with one attached hydrogen (secondary N) is 1. The lowest BCUT2D eigenvalue weighted by Crippen LogP contribution is -2.03. The normalized spacial score (nSPS) is 10.8. The third-order valence-electron chi connectivity index (χ3n) is 4.67. The van der Waals surface area contributed by atoms with Gasteiger partial charge >= 0.3 is 5.97 Å². The predicted molar refractivity (Wildman–Crippen MR) is 107 cm³/mol. The van der Waals surface area contributed by atoms with E-state index >= 15 is 0 Å². The van der Waals surface area contributed by atoms with Gasteiger partial charge in [0.15, 0.2) is 0 Å². The molecule has 3 heteroatoms. The molecule has 0 saturated carbocycles. The molecule has 1 aromatic carbocycles. The number of unbranched alkanes of at least 4 members (excludes halogenated alkanes) is 11. The monoisotopic (exact) mass is 347 g/mol. The Morgan fingerprint density at radius 3 is 1.76 bits per heavy atom. The molecule has 25 heavy (non-hydrogen) atoms. The second kappa shape index (κ2) is 14.8. The van der Waals surface area contributed by atoms with Crippen molar-refractivity contribution < 1.29 is 9.90 Å². The Morgan fingerprint density at radius 1 is 0.800 bits per heavy atom. The summed E-state index contributed by atoms with van der Waals surface area (Å²) >= 11 is 0. The molecule has 0 fully saturated rings. The number of hydrogen-bond donors (Lipinski definition) is 2. The van der Waals surface area contributed by atoms with Crippen LogP contribution in [0.4, 0.5) is 5.69 Å². The van der Waals surface area contributed by atoms with Gasteiger partial charge in [-0.1, -0.05) is 89.7 Å². The molecule has 1 aromatic rings. The number of carbonyl (C=O) groups is 1. The molecule has 142 valence electrons. The van der Waals surface area contributed by atoms with Crippen LogP contribution in [0.15, 0.2) is 24.3 Å². The lowest BCUT2D eigenvalue weighted by molar-refractivity contribution is -0.136. The highest BCUT2D eigenvalue weighted by molar-refractivity contribution is 5.70. The van der Waals surface area contributed by atoms with Crippen LogP contribution in [0.5, 0.6) is 0 Å². The molecule has 1 rings (SSSR count). The van der Waals surface area contributed by atoms with Crippen LogP contribution >= 0.6 is 0 Å². The molecule has 0 aliphatic heterocycles. The first-order chi connectivity index (χ1) is 12.2. The Bertz CT molecular complexity index is 442. The van der Waals surface area contributed by atoms with E-state index in [-0.39, 0.29) is 6.42 Å². The largest absolute Gasteiger partial charge is 0.481 e. The van der Waals surface area contributed by atoms with Crippen LogP contribution in [0, 0.1) is 0 Å². The van der Waals surface area contributed by atoms with Gasteiger partial charge in [-0.2, -0.15) is 0 Å². The zero-order valence-corrected chi connectivity index (χ0v) is 16.1. The number of hydrogen-bond acceptors (Lipinski definition) is 2. The standard InChI is InChI=1S/C22H37NO2/c1-2-3-4-5-6-7-8-9-10-11-12-13-18-23-21-16-14-20(15-17-21)19-22(24)25/h14-17,23H,2-13,18-19H2,1H3,(H,24,25). The van der Waals surface area contributed by atoms with Gasteiger partial charge in [0.1, 0.15) is 0 Å². The maximum atomic E-state index is 10.6. The molecular weight excluding hydrogens is 310 g/mol. The summed E-state index contributed by atoms with van der Waals surface area (Å²) in [5.74, 6) is -0.780. The second-order valence-electron chi connectivity index (χ2n) is 7.08. The van der Waals surface area contributed by atoms with E-state index in [0.717, 1.165) is 17.8 Å². The number of carboxylic acids is 1. The fourth-order valence-corrected chi connectivity index (χ4v) is 3.11. The summed E-state index contributed by atoms with van der Waals surface area (Å²) < 4.78 is 0. The van der Waals surface area contributed by atoms with E-state index in [1.165, 1.54) is 77.0 Å². The first kappa shape index (κ1) is 21.5. The zero-order chi connectivity index (χ0) is 18.2. The predicted octanol–water partition coefficient (Wildman–Crippen LogP) is 6.43. The van der Waals surface area contributed by atoms with Gasteiger partial charge in [0, 0.05) is 12.2 Å². The fraction of sp³-hybridized carbons (Fsp3) is 0.682. The minimum absolute atomic E-state index is 0.0962. The molecule has 0 saturated heterocycles. The van der Waals surface area contributed by atoms with Crippen molar-refractivity contribution in [1.29, 1.82) is 0 Å². The summed E-state index contributed by atoms with van der Waals surface area (Å²) in [4.78, 5) is 10.6. The molecular formula is C22H37NO2. The number of rotatable bonds is 16. The Morgan fingerprint density at radius 2 is 1.28 bits per heavy atom. The van der Waals surface area contributed by atoms with E-state index in [4.69, 9.17) is 5.11 Å². The number of carboxylic acid groups (broad SMARTS) is 1. The molecule has 0 bridgehead atoms. The van der Waals surface area contributed by atoms with Crippen molar-refractivity contribution >= 4 is 11.7 Å². The topological polar surface area (TPSA) is 49.3 Å². The summed E-state index contributed by atoms with van der Waals surface area (Å²) in [5, 5.41) is 12.2.